The number of nitro groups is 1. The van der Waals surface area contributed by atoms with Gasteiger partial charge in [0.15, 0.2) is 0 Å². The van der Waals surface area contributed by atoms with E-state index in [1.54, 1.807) is 30.0 Å². The lowest BCUT2D eigenvalue weighted by Crippen LogP contribution is -2.26. The molecular formula is C22H24N2O5. The Labute approximate surface area is 169 Å². The summed E-state index contributed by atoms with van der Waals surface area (Å²) < 4.78 is 4.88. The number of benzene rings is 1. The van der Waals surface area contributed by atoms with Gasteiger partial charge in [-0.3, -0.25) is 14.9 Å². The predicted molar refractivity (Wildman–Crippen MR) is 109 cm³/mol. The second-order valence-electron chi connectivity index (χ2n) is 7.14. The van der Waals surface area contributed by atoms with Crippen molar-refractivity contribution in [3.05, 3.63) is 68.4 Å². The van der Waals surface area contributed by atoms with Gasteiger partial charge in [-0.25, -0.2) is 4.79 Å². The van der Waals surface area contributed by atoms with Crippen LogP contribution >= 0.6 is 0 Å². The number of allylic oxidation sites excluding steroid dienone is 2. The quantitative estimate of drug-likeness (QED) is 0.237. The summed E-state index contributed by atoms with van der Waals surface area (Å²) in [5.74, 6) is -0.961. The van der Waals surface area contributed by atoms with Gasteiger partial charge in [-0.05, 0) is 51.2 Å². The normalized spacial score (nSPS) is 18.3. The van der Waals surface area contributed by atoms with Crippen LogP contribution in [0.5, 0.6) is 0 Å². The van der Waals surface area contributed by atoms with E-state index in [2.05, 4.69) is 6.08 Å². The van der Waals surface area contributed by atoms with Gasteiger partial charge in [-0.1, -0.05) is 23.8 Å². The largest absolute Gasteiger partial charge is 0.465 e. The van der Waals surface area contributed by atoms with Crippen LogP contribution in [-0.2, 0) is 14.3 Å². The number of hydrogen-bond donors (Lipinski definition) is 0. The Kier molecular flexibility index (Phi) is 6.26. The molecule has 0 unspecified atom stereocenters. The highest BCUT2D eigenvalue weighted by molar-refractivity contribution is 6.16. The van der Waals surface area contributed by atoms with Crippen molar-refractivity contribution in [3.8, 4) is 0 Å². The molecule has 0 spiro atoms. The Morgan fingerprint density at radius 3 is 2.72 bits per heavy atom. The summed E-state index contributed by atoms with van der Waals surface area (Å²) in [6.07, 6.45) is 8.84. The fourth-order valence-electron chi connectivity index (χ4n) is 3.82. The maximum atomic E-state index is 13.1. The summed E-state index contributed by atoms with van der Waals surface area (Å²) in [7, 11) is 1.26. The Balaban J connectivity index is 1.96. The minimum absolute atomic E-state index is 0.125. The van der Waals surface area contributed by atoms with Crippen molar-refractivity contribution in [2.24, 2.45) is 0 Å². The number of carbonyl (C=O) groups is 2. The van der Waals surface area contributed by atoms with Gasteiger partial charge in [0.2, 0.25) is 0 Å². The molecule has 0 N–H and O–H groups in total. The zero-order valence-corrected chi connectivity index (χ0v) is 16.6. The lowest BCUT2D eigenvalue weighted by molar-refractivity contribution is -0.385. The number of para-hydroxylation sites is 1. The third kappa shape index (κ3) is 4.29. The highest BCUT2D eigenvalue weighted by atomic mass is 16.6. The van der Waals surface area contributed by atoms with Crippen LogP contribution in [0.4, 0.5) is 5.69 Å². The van der Waals surface area contributed by atoms with Gasteiger partial charge in [0.1, 0.15) is 0 Å². The number of hydrogen-bond acceptors (Lipinski definition) is 5. The van der Waals surface area contributed by atoms with Crippen molar-refractivity contribution in [3.63, 3.8) is 0 Å². The van der Waals surface area contributed by atoms with E-state index in [-0.39, 0.29) is 28.3 Å². The smallest absolute Gasteiger partial charge is 0.340 e. The van der Waals surface area contributed by atoms with Crippen molar-refractivity contribution < 1.29 is 19.2 Å². The van der Waals surface area contributed by atoms with Gasteiger partial charge >= 0.3 is 5.97 Å². The molecule has 0 atom stereocenters. The summed E-state index contributed by atoms with van der Waals surface area (Å²) in [6.45, 7) is 2.17. The number of nitro benzene ring substituents is 1. The third-order valence-corrected chi connectivity index (χ3v) is 5.38. The molecule has 1 heterocycles. The van der Waals surface area contributed by atoms with Crippen LogP contribution in [0.1, 0.15) is 44.6 Å². The number of amides is 1. The second-order valence-corrected chi connectivity index (χ2v) is 7.14. The molecule has 1 aromatic carbocycles. The number of rotatable bonds is 6. The number of nitrogens with zero attached hydrogens (tertiary/aromatic N) is 2. The number of esters is 1. The Bertz CT molecular complexity index is 942. The molecule has 0 radical (unpaired) electrons. The fraction of sp³-hybridized carbons (Fsp3) is 0.364. The fourth-order valence-corrected chi connectivity index (χ4v) is 3.82. The van der Waals surface area contributed by atoms with Crippen molar-refractivity contribution in [1.29, 1.82) is 0 Å². The van der Waals surface area contributed by atoms with Crippen molar-refractivity contribution >= 4 is 23.6 Å². The average Bonchev–Trinajstić information content (AvgIpc) is 2.96. The van der Waals surface area contributed by atoms with E-state index < -0.39 is 10.9 Å². The standard InChI is InChI=1S/C22H24N2O5/c1-15-20(22(26)29-2)18(14-17-10-6-7-11-19(17)24(27)28)21(25)23(15)13-12-16-8-4-3-5-9-16/h6-8,10-11,14H,3-5,9,12-13H2,1-2H3/b18-14-. The van der Waals surface area contributed by atoms with Crippen molar-refractivity contribution in [2.45, 2.75) is 39.0 Å². The maximum Gasteiger partial charge on any atom is 0.340 e. The summed E-state index contributed by atoms with van der Waals surface area (Å²) in [6, 6.07) is 6.13. The molecule has 1 amide bonds. The van der Waals surface area contributed by atoms with E-state index in [1.807, 2.05) is 0 Å². The molecule has 0 saturated heterocycles. The minimum Gasteiger partial charge on any atom is -0.465 e. The lowest BCUT2D eigenvalue weighted by atomic mass is 9.97. The minimum atomic E-state index is -0.625. The van der Waals surface area contributed by atoms with Crippen molar-refractivity contribution in [2.75, 3.05) is 13.7 Å². The van der Waals surface area contributed by atoms with Crippen LogP contribution < -0.4 is 0 Å². The highest BCUT2D eigenvalue weighted by Crippen LogP contribution is 2.34. The molecule has 0 saturated carbocycles. The Morgan fingerprint density at radius 2 is 2.07 bits per heavy atom. The molecule has 7 heteroatoms. The van der Waals surface area contributed by atoms with Gasteiger partial charge in [0.25, 0.3) is 11.6 Å². The van der Waals surface area contributed by atoms with E-state index in [0.29, 0.717) is 12.2 Å². The van der Waals surface area contributed by atoms with Crippen LogP contribution in [0.15, 0.2) is 52.8 Å². The second kappa shape index (κ2) is 8.86. The molecule has 3 rings (SSSR count). The topological polar surface area (TPSA) is 89.8 Å². The molecule has 29 heavy (non-hydrogen) atoms. The van der Waals surface area contributed by atoms with Gasteiger partial charge < -0.3 is 9.64 Å². The maximum absolute atomic E-state index is 13.1. The molecule has 7 nitrogen and oxygen atoms in total. The van der Waals surface area contributed by atoms with E-state index in [4.69, 9.17) is 4.74 Å². The first-order valence-electron chi connectivity index (χ1n) is 9.68. The van der Waals surface area contributed by atoms with Crippen LogP contribution in [-0.4, -0.2) is 35.4 Å². The molecule has 0 fully saturated rings. The van der Waals surface area contributed by atoms with Gasteiger partial charge in [0, 0.05) is 18.3 Å². The Hall–Kier alpha value is -3.22. The number of methoxy groups -OCH3 is 1. The first kappa shape index (κ1) is 20.5. The summed E-state index contributed by atoms with van der Waals surface area (Å²) in [5, 5.41) is 11.3. The highest BCUT2D eigenvalue weighted by Gasteiger charge is 2.37. The number of ether oxygens (including phenoxy) is 1. The van der Waals surface area contributed by atoms with E-state index in [0.717, 1.165) is 25.7 Å². The average molecular weight is 396 g/mol. The van der Waals surface area contributed by atoms with E-state index >= 15 is 0 Å². The molecule has 1 aliphatic carbocycles. The third-order valence-electron chi connectivity index (χ3n) is 5.38. The molecular weight excluding hydrogens is 372 g/mol. The lowest BCUT2D eigenvalue weighted by Gasteiger charge is -2.20. The molecule has 0 aromatic heterocycles. The molecule has 1 aromatic rings. The van der Waals surface area contributed by atoms with E-state index in [1.165, 1.54) is 31.2 Å². The molecule has 1 aliphatic heterocycles. The van der Waals surface area contributed by atoms with Crippen molar-refractivity contribution in [1.82, 2.24) is 4.90 Å². The summed E-state index contributed by atoms with van der Waals surface area (Å²) in [5.41, 5.74) is 2.28. The van der Waals surface area contributed by atoms with Gasteiger partial charge in [-0.2, -0.15) is 0 Å². The zero-order valence-electron chi connectivity index (χ0n) is 16.6. The Morgan fingerprint density at radius 1 is 1.31 bits per heavy atom. The first-order chi connectivity index (χ1) is 13.9. The first-order valence-corrected chi connectivity index (χ1v) is 9.68. The molecule has 152 valence electrons. The van der Waals surface area contributed by atoms with Crippen LogP contribution in [0, 0.1) is 10.1 Å². The van der Waals surface area contributed by atoms with E-state index in [9.17, 15) is 19.7 Å². The van der Waals surface area contributed by atoms with Crippen LogP contribution in [0.3, 0.4) is 0 Å². The SMILES string of the molecule is COC(=O)C1=C(C)N(CCC2=CCCCC2)C(=O)/C1=C\c1ccccc1[N+](=O)[O-]. The van der Waals surface area contributed by atoms with Crippen LogP contribution in [0.25, 0.3) is 6.08 Å². The number of carbonyl (C=O) groups excluding carboxylic acids is 2. The van der Waals surface area contributed by atoms with Gasteiger partial charge in [-0.15, -0.1) is 0 Å². The van der Waals surface area contributed by atoms with Gasteiger partial charge in [0.05, 0.1) is 28.7 Å². The zero-order chi connectivity index (χ0) is 21.0. The summed E-state index contributed by atoms with van der Waals surface area (Å²) in [4.78, 5) is 37.9. The predicted octanol–water partition coefficient (Wildman–Crippen LogP) is 4.16. The monoisotopic (exact) mass is 396 g/mol. The molecule has 0 bridgehead atoms. The van der Waals surface area contributed by atoms with Crippen LogP contribution in [0.2, 0.25) is 0 Å². The molecule has 2 aliphatic rings. The summed E-state index contributed by atoms with van der Waals surface area (Å²) >= 11 is 0.